The lowest BCUT2D eigenvalue weighted by Crippen LogP contribution is -2.37. The zero-order valence-electron chi connectivity index (χ0n) is 17.7. The number of benzene rings is 3. The first-order chi connectivity index (χ1) is 16.7. The van der Waals surface area contributed by atoms with Crippen LogP contribution in [0.5, 0.6) is 0 Å². The van der Waals surface area contributed by atoms with Gasteiger partial charge in [0.05, 0.1) is 34.0 Å². The molecule has 0 saturated heterocycles. The number of hydrogen-bond donors (Lipinski definition) is 2. The molecule has 34 heavy (non-hydrogen) atoms. The van der Waals surface area contributed by atoms with Gasteiger partial charge in [0, 0.05) is 15.9 Å². The summed E-state index contributed by atoms with van der Waals surface area (Å²) in [5, 5.41) is 26.7. The second-order valence-corrected chi connectivity index (χ2v) is 9.86. The molecule has 0 saturated carbocycles. The third-order valence-electron chi connectivity index (χ3n) is 6.00. The van der Waals surface area contributed by atoms with Gasteiger partial charge in [0.1, 0.15) is 16.7 Å². The summed E-state index contributed by atoms with van der Waals surface area (Å²) >= 11 is 3.02. The number of halogens is 1. The van der Waals surface area contributed by atoms with Gasteiger partial charge in [-0.1, -0.05) is 78.1 Å². The highest BCUT2D eigenvalue weighted by Gasteiger charge is 2.43. The largest absolute Gasteiger partial charge is 0.349 e. The van der Waals surface area contributed by atoms with Crippen LogP contribution in [0.1, 0.15) is 17.0 Å². The first kappa shape index (κ1) is 20.8. The molecule has 3 aliphatic heterocycles. The molecule has 4 nitrogen and oxygen atoms in total. The van der Waals surface area contributed by atoms with Crippen molar-refractivity contribution in [3.63, 3.8) is 0 Å². The van der Waals surface area contributed by atoms with Crippen molar-refractivity contribution in [3.8, 4) is 6.07 Å². The molecule has 3 aliphatic rings. The van der Waals surface area contributed by atoms with Crippen LogP contribution in [0.25, 0.3) is 5.70 Å². The molecule has 3 aromatic rings. The minimum absolute atomic E-state index is 0.318. The Kier molecular flexibility index (Phi) is 5.05. The summed E-state index contributed by atoms with van der Waals surface area (Å²) in [6.07, 6.45) is 0. The van der Waals surface area contributed by atoms with E-state index in [2.05, 4.69) is 11.4 Å². The number of allylic oxidation sites excluding steroid dienone is 1. The maximum atomic E-state index is 13.8. The van der Waals surface area contributed by atoms with Gasteiger partial charge in [-0.2, -0.15) is 5.26 Å². The van der Waals surface area contributed by atoms with Crippen LogP contribution < -0.4 is 10.2 Å². The fourth-order valence-electron chi connectivity index (χ4n) is 4.44. The number of fused-ring (bicyclic) bond motifs is 3. The van der Waals surface area contributed by atoms with Crippen molar-refractivity contribution in [1.82, 2.24) is 5.32 Å². The van der Waals surface area contributed by atoms with E-state index in [-0.39, 0.29) is 5.82 Å². The van der Waals surface area contributed by atoms with Crippen molar-refractivity contribution in [1.29, 1.82) is 10.7 Å². The summed E-state index contributed by atoms with van der Waals surface area (Å²) in [6, 6.07) is 26.5. The predicted molar refractivity (Wildman–Crippen MR) is 136 cm³/mol. The molecule has 1 atom stereocenters. The lowest BCUT2D eigenvalue weighted by atomic mass is 9.82. The Bertz CT molecular complexity index is 1470. The summed E-state index contributed by atoms with van der Waals surface area (Å²) in [5.41, 5.74) is 4.94. The zero-order chi connectivity index (χ0) is 23.2. The van der Waals surface area contributed by atoms with Gasteiger partial charge in [-0.25, -0.2) is 4.39 Å². The lowest BCUT2D eigenvalue weighted by Gasteiger charge is -2.35. The number of hydrogen-bond acceptors (Lipinski definition) is 5. The first-order valence-corrected chi connectivity index (χ1v) is 12.3. The molecule has 0 fully saturated rings. The van der Waals surface area contributed by atoms with Crippen LogP contribution >= 0.6 is 23.5 Å². The van der Waals surface area contributed by atoms with Crippen LogP contribution in [0.15, 0.2) is 110 Å². The third kappa shape index (κ3) is 3.26. The number of thioether (sulfide) groups is 2. The van der Waals surface area contributed by atoms with Gasteiger partial charge in [-0.3, -0.25) is 10.3 Å². The van der Waals surface area contributed by atoms with E-state index in [1.807, 2.05) is 64.9 Å². The molecule has 2 N–H and O–H groups in total. The van der Waals surface area contributed by atoms with Gasteiger partial charge < -0.3 is 5.32 Å². The molecule has 3 aromatic carbocycles. The highest BCUT2D eigenvalue weighted by molar-refractivity contribution is 8.06. The average Bonchev–Trinajstić information content (AvgIpc) is 3.50. The SMILES string of the molecule is N#CC1=C2Sc3ccccc3N2C(=N)C(=C2NC(c3ccccc3)=CS2)[C@H]1c1ccc(F)cc1. The van der Waals surface area contributed by atoms with Crippen molar-refractivity contribution >= 4 is 40.7 Å². The second kappa shape index (κ2) is 8.24. The van der Waals surface area contributed by atoms with Crippen molar-refractivity contribution < 1.29 is 4.39 Å². The topological polar surface area (TPSA) is 62.9 Å². The van der Waals surface area contributed by atoms with Crippen molar-refractivity contribution in [3.05, 3.63) is 122 Å². The summed E-state index contributed by atoms with van der Waals surface area (Å²) in [4.78, 5) is 2.87. The second-order valence-electron chi connectivity index (χ2n) is 7.95. The van der Waals surface area contributed by atoms with Crippen molar-refractivity contribution in [2.75, 3.05) is 4.90 Å². The zero-order valence-corrected chi connectivity index (χ0v) is 19.4. The Morgan fingerprint density at radius 1 is 0.971 bits per heavy atom. The van der Waals surface area contributed by atoms with E-state index in [0.29, 0.717) is 17.0 Å². The van der Waals surface area contributed by atoms with Crippen LogP contribution in [-0.4, -0.2) is 5.84 Å². The van der Waals surface area contributed by atoms with E-state index >= 15 is 0 Å². The Labute approximate surface area is 205 Å². The fraction of sp³-hybridized carbons (Fsp3) is 0.0370. The van der Waals surface area contributed by atoms with Gasteiger partial charge in [0.25, 0.3) is 0 Å². The number of rotatable bonds is 2. The van der Waals surface area contributed by atoms with Crippen molar-refractivity contribution in [2.24, 2.45) is 0 Å². The number of anilines is 1. The molecule has 0 aromatic heterocycles. The molecule has 0 spiro atoms. The number of nitriles is 1. The Morgan fingerprint density at radius 3 is 2.47 bits per heavy atom. The van der Waals surface area contributed by atoms with Crippen LogP contribution in [0, 0.1) is 22.6 Å². The lowest BCUT2D eigenvalue weighted by molar-refractivity contribution is 0.626. The summed E-state index contributed by atoms with van der Waals surface area (Å²) in [5.74, 6) is -0.496. The van der Waals surface area contributed by atoms with Crippen LogP contribution in [0.2, 0.25) is 0 Å². The molecule has 0 unspecified atom stereocenters. The number of nitrogens with one attached hydrogen (secondary N) is 2. The molecule has 7 heteroatoms. The molecule has 0 bridgehead atoms. The maximum Gasteiger partial charge on any atom is 0.137 e. The van der Waals surface area contributed by atoms with Crippen LogP contribution in [-0.2, 0) is 0 Å². The fourth-order valence-corrected chi connectivity index (χ4v) is 6.55. The molecular weight excluding hydrogens is 463 g/mol. The third-order valence-corrected chi connectivity index (χ3v) is 8.07. The summed E-state index contributed by atoms with van der Waals surface area (Å²) < 4.78 is 13.8. The monoisotopic (exact) mass is 480 g/mol. The van der Waals surface area contributed by atoms with Gasteiger partial charge in [0.2, 0.25) is 0 Å². The Balaban J connectivity index is 1.54. The smallest absolute Gasteiger partial charge is 0.137 e. The number of nitrogens with zero attached hydrogens (tertiary/aromatic N) is 2. The van der Waals surface area contributed by atoms with E-state index in [0.717, 1.165) is 37.5 Å². The number of amidine groups is 1. The summed E-state index contributed by atoms with van der Waals surface area (Å²) in [6.45, 7) is 0. The highest BCUT2D eigenvalue weighted by atomic mass is 32.2. The minimum Gasteiger partial charge on any atom is -0.349 e. The molecule has 164 valence electrons. The molecule has 3 heterocycles. The van der Waals surface area contributed by atoms with Crippen molar-refractivity contribution in [2.45, 2.75) is 10.8 Å². The molecular formula is C27H17FN4S2. The quantitative estimate of drug-likeness (QED) is 0.423. The van der Waals surface area contributed by atoms with E-state index in [1.54, 1.807) is 12.1 Å². The summed E-state index contributed by atoms with van der Waals surface area (Å²) in [7, 11) is 0. The average molecular weight is 481 g/mol. The van der Waals surface area contributed by atoms with Gasteiger partial charge >= 0.3 is 0 Å². The Morgan fingerprint density at radius 2 is 1.71 bits per heavy atom. The molecule has 0 radical (unpaired) electrons. The van der Waals surface area contributed by atoms with Gasteiger partial charge in [0.15, 0.2) is 0 Å². The van der Waals surface area contributed by atoms with E-state index in [1.165, 1.54) is 35.7 Å². The maximum absolute atomic E-state index is 13.8. The standard InChI is InChI=1S/C27H17FN4S2/c28-18-12-10-17(11-13-18)23-19(14-29)27-32(21-8-4-5-9-22(21)34-27)25(30)24(23)26-31-20(15-33-26)16-6-2-1-3-7-16/h1-13,15,23,30-31H/t23-/m0/s1. The molecule has 0 aliphatic carbocycles. The highest BCUT2D eigenvalue weighted by Crippen LogP contribution is 2.55. The van der Waals surface area contributed by atoms with E-state index in [4.69, 9.17) is 0 Å². The van der Waals surface area contributed by atoms with E-state index in [9.17, 15) is 15.1 Å². The van der Waals surface area contributed by atoms with E-state index < -0.39 is 5.92 Å². The first-order valence-electron chi connectivity index (χ1n) is 10.6. The van der Waals surface area contributed by atoms with Crippen LogP contribution in [0.3, 0.4) is 0 Å². The van der Waals surface area contributed by atoms with Gasteiger partial charge in [-0.05, 0) is 35.4 Å². The Hall–Kier alpha value is -3.73. The minimum atomic E-state index is -0.482. The predicted octanol–water partition coefficient (Wildman–Crippen LogP) is 6.79. The van der Waals surface area contributed by atoms with Crippen LogP contribution in [0.4, 0.5) is 10.1 Å². The van der Waals surface area contributed by atoms with Gasteiger partial charge in [-0.15, -0.1) is 0 Å². The molecule has 6 rings (SSSR count). The molecule has 0 amide bonds. The number of para-hydroxylation sites is 1. The normalized spacial score (nSPS) is 21.1.